The van der Waals surface area contributed by atoms with Gasteiger partial charge in [0.2, 0.25) is 0 Å². The van der Waals surface area contributed by atoms with E-state index < -0.39 is 0 Å². The summed E-state index contributed by atoms with van der Waals surface area (Å²) in [6.45, 7) is 10.9. The Hall–Kier alpha value is -1.66. The van der Waals surface area contributed by atoms with Gasteiger partial charge in [-0.05, 0) is 35.8 Å². The highest BCUT2D eigenvalue weighted by molar-refractivity contribution is 7.15. The number of aromatic nitrogens is 1. The first-order valence-electron chi connectivity index (χ1n) is 8.20. The fourth-order valence-electron chi connectivity index (χ4n) is 4.23. The van der Waals surface area contributed by atoms with E-state index in [9.17, 15) is 10.1 Å². The van der Waals surface area contributed by atoms with Crippen LogP contribution in [0.2, 0.25) is 4.47 Å². The molecular weight excluding hydrogens is 358 g/mol. The zero-order chi connectivity index (χ0) is 18.6. The lowest BCUT2D eigenvalue weighted by Crippen LogP contribution is -2.18. The molecule has 0 amide bonds. The van der Waals surface area contributed by atoms with E-state index in [1.54, 1.807) is 6.20 Å². The van der Waals surface area contributed by atoms with Crippen LogP contribution in [0.1, 0.15) is 55.7 Å². The van der Waals surface area contributed by atoms with Crippen molar-refractivity contribution in [1.29, 1.82) is 0 Å². The fraction of sp³-hybridized carbons (Fsp3) is 0.500. The van der Waals surface area contributed by atoms with Gasteiger partial charge in [-0.3, -0.25) is 10.1 Å². The van der Waals surface area contributed by atoms with Crippen LogP contribution in [0.25, 0.3) is 0 Å². The van der Waals surface area contributed by atoms with E-state index in [1.807, 2.05) is 6.92 Å². The van der Waals surface area contributed by atoms with Crippen molar-refractivity contribution in [2.24, 2.45) is 0 Å². The third-order valence-corrected chi connectivity index (χ3v) is 6.12. The van der Waals surface area contributed by atoms with Gasteiger partial charge in [0, 0.05) is 22.3 Å². The number of thiazole rings is 1. The highest BCUT2D eigenvalue weighted by atomic mass is 35.5. The molecule has 0 radical (unpaired) electrons. The molecule has 1 N–H and O–H groups in total. The molecule has 0 unspecified atom stereocenters. The maximum atomic E-state index is 11.9. The molecule has 0 fully saturated rings. The predicted molar refractivity (Wildman–Crippen MR) is 103 cm³/mol. The molecule has 5 nitrogen and oxygen atoms in total. The van der Waals surface area contributed by atoms with E-state index in [4.69, 9.17) is 11.6 Å². The number of nitrogens with one attached hydrogen (secondary N) is 1. The van der Waals surface area contributed by atoms with Crippen LogP contribution >= 0.6 is 22.9 Å². The van der Waals surface area contributed by atoms with Crippen LogP contribution in [-0.2, 0) is 17.4 Å². The number of halogens is 1. The number of nitro groups is 1. The van der Waals surface area contributed by atoms with E-state index in [-0.39, 0.29) is 21.4 Å². The van der Waals surface area contributed by atoms with Crippen LogP contribution in [-0.4, -0.2) is 9.91 Å². The second-order valence-corrected chi connectivity index (χ2v) is 9.65. The molecule has 1 heterocycles. The lowest BCUT2D eigenvalue weighted by molar-refractivity contribution is -0.386. The lowest BCUT2D eigenvalue weighted by Gasteiger charge is -2.22. The number of benzene rings is 1. The molecule has 25 heavy (non-hydrogen) atoms. The first-order valence-corrected chi connectivity index (χ1v) is 9.39. The first-order chi connectivity index (χ1) is 11.5. The maximum Gasteiger partial charge on any atom is 0.278 e. The number of hydrogen-bond acceptors (Lipinski definition) is 5. The van der Waals surface area contributed by atoms with Crippen LogP contribution < -0.4 is 5.32 Å². The molecule has 0 atom stereocenters. The average Bonchev–Trinajstić information content (AvgIpc) is 2.95. The topological polar surface area (TPSA) is 68.1 Å². The fourth-order valence-corrected chi connectivity index (χ4v) is 5.15. The van der Waals surface area contributed by atoms with Crippen LogP contribution in [0, 0.1) is 17.0 Å². The minimum atomic E-state index is -0.230. The van der Waals surface area contributed by atoms with Gasteiger partial charge in [0.25, 0.3) is 5.69 Å². The van der Waals surface area contributed by atoms with Crippen LogP contribution in [0.15, 0.2) is 12.3 Å². The summed E-state index contributed by atoms with van der Waals surface area (Å²) in [5.74, 6) is 0. The summed E-state index contributed by atoms with van der Waals surface area (Å²) in [4.78, 5) is 16.7. The van der Waals surface area contributed by atoms with Crippen molar-refractivity contribution in [3.8, 4) is 0 Å². The van der Waals surface area contributed by atoms with Gasteiger partial charge in [-0.25, -0.2) is 4.98 Å². The first kappa shape index (κ1) is 18.1. The Bertz CT molecular complexity index is 858. The summed E-state index contributed by atoms with van der Waals surface area (Å²) in [7, 11) is 0. The van der Waals surface area contributed by atoms with Gasteiger partial charge in [-0.1, -0.05) is 39.3 Å². The molecule has 2 aromatic rings. The van der Waals surface area contributed by atoms with Crippen LogP contribution in [0.5, 0.6) is 0 Å². The van der Waals surface area contributed by atoms with Crippen molar-refractivity contribution >= 4 is 34.3 Å². The van der Waals surface area contributed by atoms with Crippen molar-refractivity contribution in [3.05, 3.63) is 48.4 Å². The Morgan fingerprint density at radius 1 is 1.36 bits per heavy atom. The highest BCUT2D eigenvalue weighted by Gasteiger charge is 2.47. The van der Waals surface area contributed by atoms with E-state index in [0.717, 1.165) is 28.1 Å². The lowest BCUT2D eigenvalue weighted by atomic mass is 9.81. The molecular formula is C18H22ClN3O2S. The monoisotopic (exact) mass is 379 g/mol. The van der Waals surface area contributed by atoms with E-state index in [2.05, 4.69) is 44.1 Å². The molecule has 1 aliphatic carbocycles. The standard InChI is InChI=1S/C18H22ClN3O2S/c1-10-13(20-7-11-8-21-16(19)25-11)6-12-14(15(10)22(23)24)18(4,5)9-17(12,2)3/h6,8,20H,7,9H2,1-5H3. The summed E-state index contributed by atoms with van der Waals surface area (Å²) in [6, 6.07) is 2.09. The molecule has 0 spiro atoms. The maximum absolute atomic E-state index is 11.9. The van der Waals surface area contributed by atoms with Gasteiger partial charge in [0.15, 0.2) is 4.47 Å². The van der Waals surface area contributed by atoms with Crippen molar-refractivity contribution in [2.45, 2.75) is 58.4 Å². The molecule has 0 saturated heterocycles. The van der Waals surface area contributed by atoms with Gasteiger partial charge >= 0.3 is 0 Å². The largest absolute Gasteiger partial charge is 0.380 e. The zero-order valence-electron chi connectivity index (χ0n) is 15.1. The second-order valence-electron chi connectivity index (χ2n) is 7.96. The molecule has 134 valence electrons. The summed E-state index contributed by atoms with van der Waals surface area (Å²) in [5.41, 5.74) is 3.38. The Morgan fingerprint density at radius 2 is 2.04 bits per heavy atom. The molecule has 1 aliphatic rings. The highest BCUT2D eigenvalue weighted by Crippen LogP contribution is 2.54. The summed E-state index contributed by atoms with van der Waals surface area (Å²) < 4.78 is 0.497. The third kappa shape index (κ3) is 3.13. The Labute approximate surface area is 156 Å². The molecule has 0 saturated carbocycles. The number of rotatable bonds is 4. The number of nitrogens with zero attached hydrogens (tertiary/aromatic N) is 2. The van der Waals surface area contributed by atoms with Gasteiger partial charge in [0.1, 0.15) is 0 Å². The zero-order valence-corrected chi connectivity index (χ0v) is 16.6. The normalized spacial score (nSPS) is 17.4. The number of nitro benzene ring substituents is 1. The third-order valence-electron chi connectivity index (χ3n) is 5.00. The average molecular weight is 380 g/mol. The van der Waals surface area contributed by atoms with Gasteiger partial charge in [0.05, 0.1) is 17.0 Å². The predicted octanol–water partition coefficient (Wildman–Crippen LogP) is 5.58. The Morgan fingerprint density at radius 3 is 2.60 bits per heavy atom. The molecule has 1 aromatic carbocycles. The van der Waals surface area contributed by atoms with E-state index in [0.29, 0.717) is 16.6 Å². The van der Waals surface area contributed by atoms with Crippen LogP contribution in [0.3, 0.4) is 0 Å². The smallest absolute Gasteiger partial charge is 0.278 e. The Balaban J connectivity index is 2.09. The molecule has 0 aliphatic heterocycles. The summed E-state index contributed by atoms with van der Waals surface area (Å²) >= 11 is 7.28. The van der Waals surface area contributed by atoms with Crippen molar-refractivity contribution < 1.29 is 4.92 Å². The van der Waals surface area contributed by atoms with Crippen molar-refractivity contribution in [2.75, 3.05) is 5.32 Å². The Kier molecular flexibility index (Phi) is 4.32. The quantitative estimate of drug-likeness (QED) is 0.555. The minimum Gasteiger partial charge on any atom is -0.380 e. The summed E-state index contributed by atoms with van der Waals surface area (Å²) in [5, 5.41) is 15.2. The van der Waals surface area contributed by atoms with Gasteiger partial charge in [-0.15, -0.1) is 11.3 Å². The van der Waals surface area contributed by atoms with Crippen molar-refractivity contribution in [3.63, 3.8) is 0 Å². The molecule has 3 rings (SSSR count). The molecule has 7 heteroatoms. The number of anilines is 1. The SMILES string of the molecule is Cc1c(NCc2cnc(Cl)s2)cc2c(c1[N+](=O)[O-])C(C)(C)CC2(C)C. The summed E-state index contributed by atoms with van der Waals surface area (Å²) in [6.07, 6.45) is 2.62. The molecule has 1 aromatic heterocycles. The minimum absolute atomic E-state index is 0.0957. The van der Waals surface area contributed by atoms with Crippen molar-refractivity contribution in [1.82, 2.24) is 4.98 Å². The second kappa shape index (κ2) is 5.95. The molecule has 0 bridgehead atoms. The van der Waals surface area contributed by atoms with Gasteiger partial charge < -0.3 is 5.32 Å². The van der Waals surface area contributed by atoms with Gasteiger partial charge in [-0.2, -0.15) is 0 Å². The van der Waals surface area contributed by atoms with E-state index in [1.165, 1.54) is 11.3 Å². The number of hydrogen-bond donors (Lipinski definition) is 1. The number of fused-ring (bicyclic) bond motifs is 1. The van der Waals surface area contributed by atoms with Crippen LogP contribution in [0.4, 0.5) is 11.4 Å². The van der Waals surface area contributed by atoms with E-state index >= 15 is 0 Å².